The highest BCUT2D eigenvalue weighted by Gasteiger charge is 2.32. The summed E-state index contributed by atoms with van der Waals surface area (Å²) in [6.07, 6.45) is 1.34. The Morgan fingerprint density at radius 3 is 2.11 bits per heavy atom. The molecule has 0 spiro atoms. The zero-order valence-corrected chi connectivity index (χ0v) is 17.3. The topological polar surface area (TPSA) is 93.4 Å². The van der Waals surface area contributed by atoms with Crippen LogP contribution in [0.5, 0.6) is 0 Å². The second-order valence-electron chi connectivity index (χ2n) is 6.17. The van der Waals surface area contributed by atoms with Gasteiger partial charge in [-0.2, -0.15) is 0 Å². The summed E-state index contributed by atoms with van der Waals surface area (Å²) in [5, 5.41) is -0.836. The Balaban J connectivity index is 1.91. The Hall–Kier alpha value is -2.13. The summed E-state index contributed by atoms with van der Waals surface area (Å²) >= 11 is 5.84. The zero-order chi connectivity index (χ0) is 20.4. The van der Waals surface area contributed by atoms with E-state index in [1.807, 2.05) is 6.92 Å². The van der Waals surface area contributed by atoms with E-state index in [9.17, 15) is 16.8 Å². The Kier molecular flexibility index (Phi) is 5.95. The number of aryl methyl sites for hydroxylation is 1. The first kappa shape index (κ1) is 20.6. The highest BCUT2D eigenvalue weighted by Crippen LogP contribution is 2.30. The molecule has 0 unspecified atom stereocenters. The number of hydrogen-bond acceptors (Lipinski definition) is 5. The second-order valence-corrected chi connectivity index (χ2v) is 10.5. The molecule has 0 saturated carbocycles. The summed E-state index contributed by atoms with van der Waals surface area (Å²) in [6, 6.07) is 15.0. The lowest BCUT2D eigenvalue weighted by molar-refractivity contribution is 0.486. The van der Waals surface area contributed by atoms with Crippen LogP contribution in [0.4, 0.5) is 0 Å². The predicted molar refractivity (Wildman–Crippen MR) is 106 cm³/mol. The van der Waals surface area contributed by atoms with E-state index < -0.39 is 25.1 Å². The zero-order valence-electron chi connectivity index (χ0n) is 14.9. The summed E-state index contributed by atoms with van der Waals surface area (Å²) in [6.45, 7) is 1.46. The molecule has 1 heterocycles. The van der Waals surface area contributed by atoms with Gasteiger partial charge in [-0.25, -0.2) is 21.6 Å². The summed E-state index contributed by atoms with van der Waals surface area (Å²) in [7, 11) is -7.82. The molecule has 0 radical (unpaired) electrons. The van der Waals surface area contributed by atoms with Crippen molar-refractivity contribution in [2.24, 2.45) is 0 Å². The molecular weight excluding hydrogens is 422 g/mol. The standard InChI is InChI=1S/C19H18ClNO5S2/c1-14-4-8-17(9-5-14)28(24,25)21-13-19(18-3-2-12-26-18)27(22,23)16-10-6-15(20)7-11-16/h2-12,19,21H,13H2,1H3/t19-/m0/s1. The van der Waals surface area contributed by atoms with Gasteiger partial charge in [0.15, 0.2) is 9.84 Å². The third-order valence-electron chi connectivity index (χ3n) is 4.17. The molecule has 0 aliphatic carbocycles. The van der Waals surface area contributed by atoms with E-state index in [1.165, 1.54) is 48.7 Å². The van der Waals surface area contributed by atoms with Gasteiger partial charge in [0, 0.05) is 11.6 Å². The molecule has 148 valence electrons. The lowest BCUT2D eigenvalue weighted by Gasteiger charge is -2.17. The van der Waals surface area contributed by atoms with Crippen molar-refractivity contribution < 1.29 is 21.3 Å². The summed E-state index contributed by atoms with van der Waals surface area (Å²) in [5.41, 5.74) is 0.915. The highest BCUT2D eigenvalue weighted by atomic mass is 35.5. The fourth-order valence-electron chi connectivity index (χ4n) is 2.61. The number of rotatable bonds is 7. The maximum absolute atomic E-state index is 13.1. The van der Waals surface area contributed by atoms with Crippen LogP contribution in [-0.2, 0) is 19.9 Å². The van der Waals surface area contributed by atoms with Gasteiger partial charge in [0.1, 0.15) is 11.0 Å². The van der Waals surface area contributed by atoms with Crippen molar-refractivity contribution in [1.29, 1.82) is 0 Å². The van der Waals surface area contributed by atoms with Crippen LogP contribution in [0.15, 0.2) is 81.1 Å². The molecule has 0 saturated heterocycles. The molecule has 1 atom stereocenters. The number of sulfonamides is 1. The minimum atomic E-state index is -3.93. The number of sulfone groups is 1. The van der Waals surface area contributed by atoms with E-state index in [0.29, 0.717) is 5.02 Å². The lowest BCUT2D eigenvalue weighted by atomic mass is 10.2. The van der Waals surface area contributed by atoms with Gasteiger partial charge in [-0.15, -0.1) is 0 Å². The average molecular weight is 440 g/mol. The van der Waals surface area contributed by atoms with Crippen LogP contribution in [0.1, 0.15) is 16.6 Å². The first-order valence-corrected chi connectivity index (χ1v) is 11.7. The maximum atomic E-state index is 13.1. The van der Waals surface area contributed by atoms with Crippen LogP contribution in [0.25, 0.3) is 0 Å². The van der Waals surface area contributed by atoms with Gasteiger partial charge in [0.25, 0.3) is 0 Å². The molecule has 0 aliphatic rings. The normalized spacial score (nSPS) is 13.4. The minimum absolute atomic E-state index is 0.0211. The number of benzene rings is 2. The Bertz CT molecular complexity index is 1140. The summed E-state index contributed by atoms with van der Waals surface area (Å²) in [5.74, 6) is 0.140. The monoisotopic (exact) mass is 439 g/mol. The van der Waals surface area contributed by atoms with Crippen molar-refractivity contribution in [3.63, 3.8) is 0 Å². The van der Waals surface area contributed by atoms with Gasteiger partial charge in [-0.3, -0.25) is 0 Å². The highest BCUT2D eigenvalue weighted by molar-refractivity contribution is 7.92. The number of halogens is 1. The molecule has 3 rings (SSSR count). The summed E-state index contributed by atoms with van der Waals surface area (Å²) < 4.78 is 59.0. The molecule has 0 aliphatic heterocycles. The predicted octanol–water partition coefficient (Wildman–Crippen LogP) is 3.73. The molecule has 1 N–H and O–H groups in total. The van der Waals surface area contributed by atoms with Crippen LogP contribution < -0.4 is 4.72 Å². The molecule has 9 heteroatoms. The van der Waals surface area contributed by atoms with E-state index >= 15 is 0 Å². The van der Waals surface area contributed by atoms with Crippen LogP contribution >= 0.6 is 11.6 Å². The quantitative estimate of drug-likeness (QED) is 0.605. The third-order valence-corrected chi connectivity index (χ3v) is 7.94. The Morgan fingerprint density at radius 2 is 1.54 bits per heavy atom. The molecule has 0 bridgehead atoms. The van der Waals surface area contributed by atoms with Gasteiger partial charge in [-0.1, -0.05) is 29.3 Å². The largest absolute Gasteiger partial charge is 0.468 e. The smallest absolute Gasteiger partial charge is 0.240 e. The second kappa shape index (κ2) is 8.08. The van der Waals surface area contributed by atoms with Crippen molar-refractivity contribution in [2.75, 3.05) is 6.54 Å². The summed E-state index contributed by atoms with van der Waals surface area (Å²) in [4.78, 5) is 0.0769. The van der Waals surface area contributed by atoms with E-state index in [4.69, 9.17) is 16.0 Å². The van der Waals surface area contributed by atoms with Crippen LogP contribution in [0, 0.1) is 6.92 Å². The maximum Gasteiger partial charge on any atom is 0.240 e. The fraction of sp³-hybridized carbons (Fsp3) is 0.158. The first-order chi connectivity index (χ1) is 13.2. The molecule has 1 aromatic heterocycles. The van der Waals surface area contributed by atoms with E-state index in [-0.39, 0.29) is 22.1 Å². The van der Waals surface area contributed by atoms with Crippen molar-refractivity contribution in [2.45, 2.75) is 22.0 Å². The molecule has 2 aromatic carbocycles. The van der Waals surface area contributed by atoms with Crippen LogP contribution in [0.3, 0.4) is 0 Å². The molecule has 0 fully saturated rings. The molecule has 28 heavy (non-hydrogen) atoms. The fourth-order valence-corrected chi connectivity index (χ4v) is 5.48. The lowest BCUT2D eigenvalue weighted by Crippen LogP contribution is -2.31. The van der Waals surface area contributed by atoms with Crippen molar-refractivity contribution in [3.05, 3.63) is 83.3 Å². The Labute approximate surface area is 169 Å². The van der Waals surface area contributed by atoms with Gasteiger partial charge < -0.3 is 4.42 Å². The SMILES string of the molecule is Cc1ccc(S(=O)(=O)NC[C@@H](c2ccco2)S(=O)(=O)c2ccc(Cl)cc2)cc1. The van der Waals surface area contributed by atoms with Crippen molar-refractivity contribution in [3.8, 4) is 0 Å². The average Bonchev–Trinajstić information content (AvgIpc) is 3.16. The number of furan rings is 1. The van der Waals surface area contributed by atoms with Gasteiger partial charge in [0.2, 0.25) is 10.0 Å². The first-order valence-electron chi connectivity index (χ1n) is 8.29. The Morgan fingerprint density at radius 1 is 0.929 bits per heavy atom. The third kappa shape index (κ3) is 4.47. The van der Waals surface area contributed by atoms with Crippen molar-refractivity contribution in [1.82, 2.24) is 4.72 Å². The number of hydrogen-bond donors (Lipinski definition) is 1. The van der Waals surface area contributed by atoms with Gasteiger partial charge >= 0.3 is 0 Å². The molecule has 3 aromatic rings. The molecule has 0 amide bonds. The van der Waals surface area contributed by atoms with Crippen LogP contribution in [0.2, 0.25) is 5.02 Å². The van der Waals surface area contributed by atoms with Gasteiger partial charge in [-0.05, 0) is 55.5 Å². The number of nitrogens with one attached hydrogen (secondary N) is 1. The van der Waals surface area contributed by atoms with Crippen molar-refractivity contribution >= 4 is 31.5 Å². The van der Waals surface area contributed by atoms with Gasteiger partial charge in [0.05, 0.1) is 16.1 Å². The van der Waals surface area contributed by atoms with E-state index in [2.05, 4.69) is 4.72 Å². The van der Waals surface area contributed by atoms with Crippen LogP contribution in [-0.4, -0.2) is 23.4 Å². The molecular formula is C19H18ClNO5S2. The van der Waals surface area contributed by atoms with E-state index in [0.717, 1.165) is 5.56 Å². The minimum Gasteiger partial charge on any atom is -0.468 e. The molecule has 6 nitrogen and oxygen atoms in total. The van der Waals surface area contributed by atoms with E-state index in [1.54, 1.807) is 18.2 Å².